The molecular formula is C14H21N3O2. The molecule has 0 saturated carbocycles. The molecule has 1 saturated heterocycles. The lowest BCUT2D eigenvalue weighted by Crippen LogP contribution is -2.44. The molecule has 2 N–H and O–H groups in total. The van der Waals surface area contributed by atoms with Gasteiger partial charge in [0.05, 0.1) is 13.2 Å². The number of nitrogens with two attached hydrogens (primary N) is 1. The van der Waals surface area contributed by atoms with Crippen LogP contribution in [-0.2, 0) is 9.53 Å². The van der Waals surface area contributed by atoms with Crippen molar-refractivity contribution in [3.8, 4) is 0 Å². The second-order valence-electron chi connectivity index (χ2n) is 4.94. The number of hydrogen-bond acceptors (Lipinski definition) is 4. The van der Waals surface area contributed by atoms with Crippen LogP contribution in [0, 0.1) is 0 Å². The van der Waals surface area contributed by atoms with E-state index in [1.807, 2.05) is 43.3 Å². The van der Waals surface area contributed by atoms with Crippen molar-refractivity contribution in [2.75, 3.05) is 45.3 Å². The Morgan fingerprint density at radius 1 is 1.26 bits per heavy atom. The van der Waals surface area contributed by atoms with Crippen LogP contribution in [-0.4, -0.2) is 51.2 Å². The normalized spacial score (nSPS) is 18.0. The minimum absolute atomic E-state index is 0.306. The third-order valence-corrected chi connectivity index (χ3v) is 3.41. The first-order valence-corrected chi connectivity index (χ1v) is 6.48. The number of carbonyl (C=O) groups excluding carboxylic acids is 1. The molecule has 1 aliphatic heterocycles. The van der Waals surface area contributed by atoms with Gasteiger partial charge in [-0.25, -0.2) is 0 Å². The van der Waals surface area contributed by atoms with Gasteiger partial charge in [0.1, 0.15) is 6.04 Å². The van der Waals surface area contributed by atoms with Crippen LogP contribution in [0.4, 0.5) is 5.69 Å². The molecule has 0 radical (unpaired) electrons. The molecule has 1 amide bonds. The van der Waals surface area contributed by atoms with Gasteiger partial charge in [-0.3, -0.25) is 9.69 Å². The maximum Gasteiger partial charge on any atom is 0.239 e. The summed E-state index contributed by atoms with van der Waals surface area (Å²) in [5, 5.41) is 0. The molecule has 1 aromatic carbocycles. The Balaban J connectivity index is 2.20. The van der Waals surface area contributed by atoms with E-state index in [-0.39, 0.29) is 11.9 Å². The standard InChI is InChI=1S/C14H21N3O2/c1-16(2)12-5-3-11(4-6-12)13(14(15)18)17-7-9-19-10-8-17/h3-6,13H,7-10H2,1-2H3,(H2,15,18). The molecular weight excluding hydrogens is 242 g/mol. The average molecular weight is 263 g/mol. The topological polar surface area (TPSA) is 58.8 Å². The highest BCUT2D eigenvalue weighted by Gasteiger charge is 2.27. The van der Waals surface area contributed by atoms with E-state index >= 15 is 0 Å². The van der Waals surface area contributed by atoms with Crippen molar-refractivity contribution in [1.29, 1.82) is 0 Å². The fraction of sp³-hybridized carbons (Fsp3) is 0.500. The fourth-order valence-corrected chi connectivity index (χ4v) is 2.35. The summed E-state index contributed by atoms with van der Waals surface area (Å²) in [6, 6.07) is 7.60. The van der Waals surface area contributed by atoms with Gasteiger partial charge in [0.25, 0.3) is 0 Å². The molecule has 1 unspecified atom stereocenters. The summed E-state index contributed by atoms with van der Waals surface area (Å²) in [6.45, 7) is 2.78. The lowest BCUT2D eigenvalue weighted by atomic mass is 10.0. The molecule has 5 heteroatoms. The molecule has 0 bridgehead atoms. The van der Waals surface area contributed by atoms with E-state index in [0.29, 0.717) is 13.2 Å². The number of nitrogens with zero attached hydrogens (tertiary/aromatic N) is 2. The largest absolute Gasteiger partial charge is 0.379 e. The second-order valence-corrected chi connectivity index (χ2v) is 4.94. The number of ether oxygens (including phenoxy) is 1. The van der Waals surface area contributed by atoms with Gasteiger partial charge in [0, 0.05) is 32.9 Å². The van der Waals surface area contributed by atoms with Crippen molar-refractivity contribution in [3.05, 3.63) is 29.8 Å². The first kappa shape index (κ1) is 13.8. The number of primary amides is 1. The van der Waals surface area contributed by atoms with E-state index in [1.165, 1.54) is 0 Å². The molecule has 19 heavy (non-hydrogen) atoms. The molecule has 1 atom stereocenters. The summed E-state index contributed by atoms with van der Waals surface area (Å²) in [5.41, 5.74) is 7.62. The zero-order valence-electron chi connectivity index (χ0n) is 11.5. The van der Waals surface area contributed by atoms with Gasteiger partial charge >= 0.3 is 0 Å². The van der Waals surface area contributed by atoms with Gasteiger partial charge in [-0.15, -0.1) is 0 Å². The number of benzene rings is 1. The Kier molecular flexibility index (Phi) is 4.39. The van der Waals surface area contributed by atoms with E-state index in [0.717, 1.165) is 24.3 Å². The minimum Gasteiger partial charge on any atom is -0.379 e. The van der Waals surface area contributed by atoms with Crippen molar-refractivity contribution in [2.24, 2.45) is 5.73 Å². The number of hydrogen-bond donors (Lipinski definition) is 1. The highest BCUT2D eigenvalue weighted by Crippen LogP contribution is 2.23. The zero-order valence-corrected chi connectivity index (χ0v) is 11.5. The van der Waals surface area contributed by atoms with Crippen LogP contribution in [0.2, 0.25) is 0 Å². The maximum absolute atomic E-state index is 11.7. The number of anilines is 1. The predicted molar refractivity (Wildman–Crippen MR) is 75.1 cm³/mol. The number of rotatable bonds is 4. The fourth-order valence-electron chi connectivity index (χ4n) is 2.35. The Morgan fingerprint density at radius 3 is 2.32 bits per heavy atom. The summed E-state index contributed by atoms with van der Waals surface area (Å²) in [4.78, 5) is 15.9. The van der Waals surface area contributed by atoms with Crippen LogP contribution in [0.5, 0.6) is 0 Å². The number of carbonyl (C=O) groups is 1. The second kappa shape index (κ2) is 6.04. The molecule has 1 fully saturated rings. The van der Waals surface area contributed by atoms with Crippen LogP contribution >= 0.6 is 0 Å². The van der Waals surface area contributed by atoms with Crippen LogP contribution < -0.4 is 10.6 Å². The van der Waals surface area contributed by atoms with E-state index in [2.05, 4.69) is 4.90 Å². The molecule has 2 rings (SSSR count). The molecule has 5 nitrogen and oxygen atoms in total. The first-order chi connectivity index (χ1) is 9.09. The van der Waals surface area contributed by atoms with Gasteiger partial charge in [-0.2, -0.15) is 0 Å². The molecule has 1 aromatic rings. The molecule has 104 valence electrons. The van der Waals surface area contributed by atoms with Gasteiger partial charge in [0.15, 0.2) is 0 Å². The van der Waals surface area contributed by atoms with Crippen LogP contribution in [0.25, 0.3) is 0 Å². The Bertz CT molecular complexity index is 425. The van der Waals surface area contributed by atoms with E-state index in [4.69, 9.17) is 10.5 Å². The molecule has 0 aliphatic carbocycles. The summed E-state index contributed by atoms with van der Waals surface area (Å²) in [5.74, 6) is -0.306. The predicted octanol–water partition coefficient (Wildman–Crippen LogP) is 0.611. The van der Waals surface area contributed by atoms with Crippen molar-refractivity contribution in [2.45, 2.75) is 6.04 Å². The summed E-state index contributed by atoms with van der Waals surface area (Å²) in [7, 11) is 3.98. The lowest BCUT2D eigenvalue weighted by Gasteiger charge is -2.32. The summed E-state index contributed by atoms with van der Waals surface area (Å²) < 4.78 is 5.32. The Labute approximate surface area is 113 Å². The summed E-state index contributed by atoms with van der Waals surface area (Å²) >= 11 is 0. The monoisotopic (exact) mass is 263 g/mol. The number of amides is 1. The minimum atomic E-state index is -0.361. The molecule has 0 aromatic heterocycles. The maximum atomic E-state index is 11.7. The quantitative estimate of drug-likeness (QED) is 0.865. The van der Waals surface area contributed by atoms with Gasteiger partial charge in [0.2, 0.25) is 5.91 Å². The average Bonchev–Trinajstić information content (AvgIpc) is 2.40. The smallest absolute Gasteiger partial charge is 0.239 e. The van der Waals surface area contributed by atoms with Crippen molar-refractivity contribution in [1.82, 2.24) is 4.90 Å². The van der Waals surface area contributed by atoms with Crippen molar-refractivity contribution in [3.63, 3.8) is 0 Å². The third kappa shape index (κ3) is 3.24. The van der Waals surface area contributed by atoms with Crippen LogP contribution in [0.3, 0.4) is 0 Å². The highest BCUT2D eigenvalue weighted by molar-refractivity contribution is 5.81. The van der Waals surface area contributed by atoms with Crippen molar-refractivity contribution < 1.29 is 9.53 Å². The SMILES string of the molecule is CN(C)c1ccc(C(C(N)=O)N2CCOCC2)cc1. The van der Waals surface area contributed by atoms with Gasteiger partial charge < -0.3 is 15.4 Å². The summed E-state index contributed by atoms with van der Waals surface area (Å²) in [6.07, 6.45) is 0. The Morgan fingerprint density at radius 2 is 1.84 bits per heavy atom. The van der Waals surface area contributed by atoms with Crippen LogP contribution in [0.1, 0.15) is 11.6 Å². The Hall–Kier alpha value is -1.59. The van der Waals surface area contributed by atoms with E-state index in [1.54, 1.807) is 0 Å². The van der Waals surface area contributed by atoms with Gasteiger partial charge in [-0.1, -0.05) is 12.1 Å². The molecule has 1 heterocycles. The zero-order chi connectivity index (χ0) is 13.8. The van der Waals surface area contributed by atoms with Crippen molar-refractivity contribution >= 4 is 11.6 Å². The molecule has 0 spiro atoms. The highest BCUT2D eigenvalue weighted by atomic mass is 16.5. The van der Waals surface area contributed by atoms with E-state index < -0.39 is 0 Å². The van der Waals surface area contributed by atoms with Crippen LogP contribution in [0.15, 0.2) is 24.3 Å². The first-order valence-electron chi connectivity index (χ1n) is 6.48. The van der Waals surface area contributed by atoms with Gasteiger partial charge in [-0.05, 0) is 17.7 Å². The van der Waals surface area contributed by atoms with E-state index in [9.17, 15) is 4.79 Å². The number of morpholine rings is 1. The third-order valence-electron chi connectivity index (χ3n) is 3.41. The molecule has 1 aliphatic rings. The lowest BCUT2D eigenvalue weighted by molar-refractivity contribution is -0.125.